The number of carboxylic acids is 1. The molecule has 5 rings (SSSR count). The summed E-state index contributed by atoms with van der Waals surface area (Å²) in [5.74, 6) is -3.40. The highest BCUT2D eigenvalue weighted by Crippen LogP contribution is 2.49. The van der Waals surface area contributed by atoms with Crippen LogP contribution in [0.15, 0.2) is 51.9 Å². The predicted octanol–water partition coefficient (Wildman–Crippen LogP) is 2.61. The standard InChI is InChI=1S/C27H20ClN3O8/c1-3-8-30-24(33)20-21(25(30)34)27(26(35)36,11-14-4-6-15(7-5-14)31(37)38)29-22(20)17-12-39-19-9-13(2)18(28)10-16(19)23(17)32/h1,4-7,9-10,12,20-22,29H,8,11H2,2H3,(H,35,36). The highest BCUT2D eigenvalue weighted by Gasteiger charge is 2.68. The van der Waals surface area contributed by atoms with Crippen molar-refractivity contribution < 1.29 is 28.8 Å². The number of imide groups is 1. The van der Waals surface area contributed by atoms with E-state index in [1.54, 1.807) is 13.0 Å². The van der Waals surface area contributed by atoms with E-state index in [-0.39, 0.29) is 35.2 Å². The number of carboxylic acid groups (broad SMARTS) is 1. The number of halogens is 1. The first-order chi connectivity index (χ1) is 18.5. The molecule has 0 aliphatic carbocycles. The Labute approximate surface area is 225 Å². The van der Waals surface area contributed by atoms with Crippen LogP contribution in [0.4, 0.5) is 5.69 Å². The molecule has 2 N–H and O–H groups in total. The Hall–Kier alpha value is -4.53. The van der Waals surface area contributed by atoms with E-state index in [9.17, 15) is 34.4 Å². The SMILES string of the molecule is C#CCN1C(=O)C2C(c3coc4cc(C)c(Cl)cc4c3=O)NC(Cc3ccc([N+](=O)[O-])cc3)(C(=O)O)C2C1=O. The van der Waals surface area contributed by atoms with Crippen molar-refractivity contribution in [3.05, 3.63) is 84.7 Å². The molecule has 0 saturated carbocycles. The van der Waals surface area contributed by atoms with Gasteiger partial charge in [-0.1, -0.05) is 29.7 Å². The molecular weight excluding hydrogens is 530 g/mol. The van der Waals surface area contributed by atoms with Crippen molar-refractivity contribution in [3.63, 3.8) is 0 Å². The van der Waals surface area contributed by atoms with Crippen LogP contribution in [0.3, 0.4) is 0 Å². The summed E-state index contributed by atoms with van der Waals surface area (Å²) in [7, 11) is 0. The van der Waals surface area contributed by atoms with Gasteiger partial charge in [0.25, 0.3) is 5.69 Å². The van der Waals surface area contributed by atoms with E-state index in [2.05, 4.69) is 11.2 Å². The summed E-state index contributed by atoms with van der Waals surface area (Å²) in [4.78, 5) is 64.8. The minimum Gasteiger partial charge on any atom is -0.480 e. The lowest BCUT2D eigenvalue weighted by Crippen LogP contribution is -2.57. The summed E-state index contributed by atoms with van der Waals surface area (Å²) >= 11 is 6.22. The third-order valence-corrected chi connectivity index (χ3v) is 7.83. The Morgan fingerprint density at radius 1 is 1.26 bits per heavy atom. The average molecular weight is 550 g/mol. The van der Waals surface area contributed by atoms with Crippen molar-refractivity contribution in [1.82, 2.24) is 10.2 Å². The second-order valence-corrected chi connectivity index (χ2v) is 9.99. The fraction of sp³-hybridized carbons (Fsp3) is 0.259. The van der Waals surface area contributed by atoms with Gasteiger partial charge >= 0.3 is 5.97 Å². The van der Waals surface area contributed by atoms with Gasteiger partial charge in [-0.2, -0.15) is 0 Å². The van der Waals surface area contributed by atoms with Crippen LogP contribution in [0.25, 0.3) is 11.0 Å². The number of fused-ring (bicyclic) bond motifs is 2. The summed E-state index contributed by atoms with van der Waals surface area (Å²) < 4.78 is 5.69. The monoisotopic (exact) mass is 549 g/mol. The number of benzene rings is 2. The Kier molecular flexibility index (Phi) is 6.25. The number of likely N-dealkylation sites (tertiary alicyclic amines) is 1. The minimum absolute atomic E-state index is 0.0482. The number of hydrogen-bond acceptors (Lipinski definition) is 8. The molecule has 3 heterocycles. The molecule has 2 fully saturated rings. The van der Waals surface area contributed by atoms with Crippen molar-refractivity contribution in [3.8, 4) is 12.3 Å². The van der Waals surface area contributed by atoms with Crippen molar-refractivity contribution in [2.45, 2.75) is 24.9 Å². The summed E-state index contributed by atoms with van der Waals surface area (Å²) in [5, 5.41) is 24.9. The number of nitrogens with one attached hydrogen (secondary N) is 1. The van der Waals surface area contributed by atoms with Gasteiger partial charge in [-0.25, -0.2) is 0 Å². The van der Waals surface area contributed by atoms with E-state index >= 15 is 0 Å². The van der Waals surface area contributed by atoms with Crippen LogP contribution in [-0.2, 0) is 20.8 Å². The first-order valence-corrected chi connectivity index (χ1v) is 12.1. The third-order valence-electron chi connectivity index (χ3n) is 7.42. The molecule has 12 heteroatoms. The van der Waals surface area contributed by atoms with Crippen LogP contribution in [-0.4, -0.2) is 44.8 Å². The maximum absolute atomic E-state index is 13.6. The van der Waals surface area contributed by atoms with Gasteiger partial charge in [0.15, 0.2) is 5.43 Å². The molecular formula is C27H20ClN3O8. The molecule has 3 aromatic rings. The molecule has 4 unspecified atom stereocenters. The lowest BCUT2D eigenvalue weighted by atomic mass is 9.76. The Morgan fingerprint density at radius 2 is 1.95 bits per heavy atom. The number of rotatable bonds is 6. The second kappa shape index (κ2) is 9.34. The van der Waals surface area contributed by atoms with Crippen LogP contribution in [0, 0.1) is 41.2 Å². The van der Waals surface area contributed by atoms with E-state index in [1.807, 2.05) is 0 Å². The van der Waals surface area contributed by atoms with Crippen LogP contribution in [0.1, 0.15) is 22.7 Å². The van der Waals surface area contributed by atoms with Gasteiger partial charge in [-0.05, 0) is 30.2 Å². The molecule has 1 aromatic heterocycles. The number of nitrogens with zero attached hydrogens (tertiary/aromatic N) is 2. The summed E-state index contributed by atoms with van der Waals surface area (Å²) in [6.45, 7) is 1.37. The lowest BCUT2D eigenvalue weighted by molar-refractivity contribution is -0.384. The highest BCUT2D eigenvalue weighted by molar-refractivity contribution is 6.32. The predicted molar refractivity (Wildman–Crippen MR) is 138 cm³/mol. The number of non-ortho nitro benzene ring substituents is 1. The first kappa shape index (κ1) is 26.1. The van der Waals surface area contributed by atoms with E-state index in [4.69, 9.17) is 22.4 Å². The number of aryl methyl sites for hydroxylation is 1. The molecule has 0 spiro atoms. The van der Waals surface area contributed by atoms with Crippen LogP contribution < -0.4 is 10.7 Å². The maximum atomic E-state index is 13.6. The molecule has 0 radical (unpaired) electrons. The number of amides is 2. The van der Waals surface area contributed by atoms with Gasteiger partial charge in [0.1, 0.15) is 11.1 Å². The molecule has 198 valence electrons. The van der Waals surface area contributed by atoms with E-state index < -0.39 is 51.6 Å². The summed E-state index contributed by atoms with van der Waals surface area (Å²) in [5.41, 5.74) is -1.55. The average Bonchev–Trinajstić information content (AvgIpc) is 3.36. The highest BCUT2D eigenvalue weighted by atomic mass is 35.5. The van der Waals surface area contributed by atoms with Crippen LogP contribution in [0.5, 0.6) is 0 Å². The number of carbonyl (C=O) groups is 3. The molecule has 4 atom stereocenters. The summed E-state index contributed by atoms with van der Waals surface area (Å²) in [6.07, 6.45) is 6.21. The quantitative estimate of drug-likeness (QED) is 0.204. The number of aliphatic carboxylic acids is 1. The number of nitro groups is 1. The van der Waals surface area contributed by atoms with Gasteiger partial charge in [-0.3, -0.25) is 39.5 Å². The zero-order chi connectivity index (χ0) is 28.2. The second-order valence-electron chi connectivity index (χ2n) is 9.59. The van der Waals surface area contributed by atoms with E-state index in [1.165, 1.54) is 30.3 Å². The molecule has 0 bridgehead atoms. The number of nitro benzene ring substituents is 1. The fourth-order valence-corrected chi connectivity index (χ4v) is 5.71. The largest absolute Gasteiger partial charge is 0.480 e. The van der Waals surface area contributed by atoms with Gasteiger partial charge in [-0.15, -0.1) is 6.42 Å². The zero-order valence-electron chi connectivity index (χ0n) is 20.3. The van der Waals surface area contributed by atoms with Crippen molar-refractivity contribution >= 4 is 46.0 Å². The molecule has 2 aromatic carbocycles. The van der Waals surface area contributed by atoms with E-state index in [0.717, 1.165) is 11.2 Å². The number of carbonyl (C=O) groups excluding carboxylic acids is 2. The maximum Gasteiger partial charge on any atom is 0.325 e. The zero-order valence-corrected chi connectivity index (χ0v) is 21.1. The molecule has 39 heavy (non-hydrogen) atoms. The Bertz CT molecular complexity index is 1680. The van der Waals surface area contributed by atoms with Gasteiger partial charge in [0.05, 0.1) is 46.6 Å². The minimum atomic E-state index is -2.05. The number of hydrogen-bond donors (Lipinski definition) is 2. The molecule has 11 nitrogen and oxygen atoms in total. The Morgan fingerprint density at radius 3 is 2.56 bits per heavy atom. The molecule has 2 amide bonds. The van der Waals surface area contributed by atoms with Gasteiger partial charge in [0, 0.05) is 23.6 Å². The van der Waals surface area contributed by atoms with Gasteiger partial charge in [0.2, 0.25) is 11.8 Å². The van der Waals surface area contributed by atoms with Gasteiger partial charge < -0.3 is 9.52 Å². The molecule has 2 aliphatic rings. The Balaban J connectivity index is 1.67. The summed E-state index contributed by atoms with van der Waals surface area (Å²) in [6, 6.07) is 6.98. The van der Waals surface area contributed by atoms with Crippen LogP contribution in [0.2, 0.25) is 5.02 Å². The van der Waals surface area contributed by atoms with Crippen molar-refractivity contribution in [2.75, 3.05) is 6.54 Å². The van der Waals surface area contributed by atoms with Crippen molar-refractivity contribution in [2.24, 2.45) is 11.8 Å². The number of terminal acetylenes is 1. The molecule has 2 aliphatic heterocycles. The van der Waals surface area contributed by atoms with E-state index in [0.29, 0.717) is 16.1 Å². The topological polar surface area (TPSA) is 160 Å². The lowest BCUT2D eigenvalue weighted by Gasteiger charge is -2.31. The smallest absolute Gasteiger partial charge is 0.325 e. The third kappa shape index (κ3) is 3.96. The molecule has 2 saturated heterocycles. The van der Waals surface area contributed by atoms with Crippen LogP contribution >= 0.6 is 11.6 Å². The normalized spacial score (nSPS) is 24.1. The first-order valence-electron chi connectivity index (χ1n) is 11.7. The van der Waals surface area contributed by atoms with Crippen molar-refractivity contribution in [1.29, 1.82) is 0 Å². The fourth-order valence-electron chi connectivity index (χ4n) is 5.55.